The van der Waals surface area contributed by atoms with E-state index in [0.29, 0.717) is 25.8 Å². The van der Waals surface area contributed by atoms with Crippen LogP contribution >= 0.6 is 0 Å². The van der Waals surface area contributed by atoms with E-state index in [-0.39, 0.29) is 5.91 Å². The first-order valence-electron chi connectivity index (χ1n) is 6.42. The molecule has 4 nitrogen and oxygen atoms in total. The minimum Gasteiger partial charge on any atom is -0.376 e. The minimum atomic E-state index is 0.0501. The predicted molar refractivity (Wildman–Crippen MR) is 64.4 cm³/mol. The molecule has 0 spiro atoms. The summed E-state index contributed by atoms with van der Waals surface area (Å²) in [7, 11) is 0. The number of likely N-dealkylation sites (N-methyl/N-ethyl adjacent to an activating group) is 1. The summed E-state index contributed by atoms with van der Waals surface area (Å²) in [5, 5.41) is 5.82. The topological polar surface area (TPSA) is 50.4 Å². The summed E-state index contributed by atoms with van der Waals surface area (Å²) in [6.45, 7) is 4.48. The number of amides is 1. The molecule has 0 unspecified atom stereocenters. The third kappa shape index (κ3) is 6.08. The highest BCUT2D eigenvalue weighted by Crippen LogP contribution is 2.19. The number of ether oxygens (including phenoxy) is 1. The molecule has 1 aliphatic carbocycles. The predicted octanol–water partition coefficient (Wildman–Crippen LogP) is 1.06. The zero-order valence-electron chi connectivity index (χ0n) is 10.3. The molecular formula is C12H24N2O2. The fourth-order valence-electron chi connectivity index (χ4n) is 1.95. The van der Waals surface area contributed by atoms with E-state index < -0.39 is 0 Å². The molecule has 0 saturated heterocycles. The van der Waals surface area contributed by atoms with Gasteiger partial charge in [0.1, 0.15) is 0 Å². The van der Waals surface area contributed by atoms with Crippen molar-refractivity contribution in [2.45, 2.75) is 45.1 Å². The maximum absolute atomic E-state index is 11.2. The van der Waals surface area contributed by atoms with Crippen molar-refractivity contribution in [2.75, 3.05) is 26.2 Å². The van der Waals surface area contributed by atoms with Gasteiger partial charge in [-0.2, -0.15) is 0 Å². The summed E-state index contributed by atoms with van der Waals surface area (Å²) in [5.41, 5.74) is 0. The lowest BCUT2D eigenvalue weighted by Crippen LogP contribution is -2.36. The summed E-state index contributed by atoms with van der Waals surface area (Å²) < 4.78 is 5.70. The van der Waals surface area contributed by atoms with Gasteiger partial charge < -0.3 is 15.4 Å². The molecule has 2 N–H and O–H groups in total. The van der Waals surface area contributed by atoms with E-state index in [0.717, 1.165) is 6.54 Å². The smallest absolute Gasteiger partial charge is 0.234 e. The maximum atomic E-state index is 11.2. The Morgan fingerprint density at radius 1 is 1.31 bits per heavy atom. The molecule has 0 aromatic heterocycles. The van der Waals surface area contributed by atoms with E-state index in [1.54, 1.807) is 0 Å². The molecule has 4 heteroatoms. The summed E-state index contributed by atoms with van der Waals surface area (Å²) in [6, 6.07) is 0. The van der Waals surface area contributed by atoms with Gasteiger partial charge in [0.2, 0.25) is 5.91 Å². The van der Waals surface area contributed by atoms with Crippen molar-refractivity contribution in [3.63, 3.8) is 0 Å². The van der Waals surface area contributed by atoms with Crippen LogP contribution in [0.15, 0.2) is 0 Å². The largest absolute Gasteiger partial charge is 0.376 e. The Labute approximate surface area is 98.1 Å². The van der Waals surface area contributed by atoms with E-state index in [9.17, 15) is 4.79 Å². The van der Waals surface area contributed by atoms with E-state index in [2.05, 4.69) is 10.6 Å². The van der Waals surface area contributed by atoms with Crippen LogP contribution in [0.4, 0.5) is 0 Å². The summed E-state index contributed by atoms with van der Waals surface area (Å²) in [6.07, 6.45) is 6.73. The summed E-state index contributed by atoms with van der Waals surface area (Å²) in [5.74, 6) is 0.0501. The molecule has 0 atom stereocenters. The van der Waals surface area contributed by atoms with E-state index in [1.807, 2.05) is 6.92 Å². The average Bonchev–Trinajstić information content (AvgIpc) is 2.33. The molecule has 1 saturated carbocycles. The van der Waals surface area contributed by atoms with Gasteiger partial charge in [0, 0.05) is 6.54 Å². The third-order valence-corrected chi connectivity index (χ3v) is 2.87. The molecule has 0 heterocycles. The Morgan fingerprint density at radius 2 is 2.06 bits per heavy atom. The van der Waals surface area contributed by atoms with Crippen LogP contribution in [0.1, 0.15) is 39.0 Å². The number of carbonyl (C=O) groups excluding carboxylic acids is 1. The summed E-state index contributed by atoms with van der Waals surface area (Å²) in [4.78, 5) is 11.2. The van der Waals surface area contributed by atoms with Crippen LogP contribution in [0.3, 0.4) is 0 Å². The van der Waals surface area contributed by atoms with Crippen molar-refractivity contribution in [3.05, 3.63) is 0 Å². The zero-order chi connectivity index (χ0) is 11.6. The molecule has 1 fully saturated rings. The first-order valence-corrected chi connectivity index (χ1v) is 6.42. The normalized spacial score (nSPS) is 17.3. The van der Waals surface area contributed by atoms with Gasteiger partial charge >= 0.3 is 0 Å². The van der Waals surface area contributed by atoms with E-state index in [1.165, 1.54) is 32.1 Å². The highest BCUT2D eigenvalue weighted by atomic mass is 16.5. The monoisotopic (exact) mass is 228 g/mol. The minimum absolute atomic E-state index is 0.0501. The molecule has 0 bridgehead atoms. The van der Waals surface area contributed by atoms with Crippen molar-refractivity contribution in [2.24, 2.45) is 0 Å². The van der Waals surface area contributed by atoms with Gasteiger partial charge in [0.15, 0.2) is 0 Å². The van der Waals surface area contributed by atoms with Gasteiger partial charge in [-0.1, -0.05) is 26.2 Å². The number of nitrogens with one attached hydrogen (secondary N) is 2. The van der Waals surface area contributed by atoms with E-state index >= 15 is 0 Å². The lowest BCUT2D eigenvalue weighted by atomic mass is 9.98. The molecule has 0 radical (unpaired) electrons. The van der Waals surface area contributed by atoms with Crippen molar-refractivity contribution in [1.29, 1.82) is 0 Å². The van der Waals surface area contributed by atoms with Gasteiger partial charge in [-0.3, -0.25) is 4.79 Å². The molecule has 1 rings (SSSR count). The molecule has 94 valence electrons. The van der Waals surface area contributed by atoms with Crippen LogP contribution in [0.25, 0.3) is 0 Å². The molecule has 0 aromatic rings. The van der Waals surface area contributed by atoms with Crippen LogP contribution in [-0.4, -0.2) is 38.3 Å². The van der Waals surface area contributed by atoms with Gasteiger partial charge in [-0.25, -0.2) is 0 Å². The van der Waals surface area contributed by atoms with E-state index in [4.69, 9.17) is 4.74 Å². The quantitative estimate of drug-likeness (QED) is 0.641. The highest BCUT2D eigenvalue weighted by molar-refractivity contribution is 5.77. The van der Waals surface area contributed by atoms with Crippen LogP contribution in [-0.2, 0) is 9.53 Å². The van der Waals surface area contributed by atoms with Gasteiger partial charge in [0.25, 0.3) is 0 Å². The molecular weight excluding hydrogens is 204 g/mol. The molecule has 1 aliphatic rings. The zero-order valence-corrected chi connectivity index (χ0v) is 10.3. The second kappa shape index (κ2) is 8.53. The average molecular weight is 228 g/mol. The molecule has 0 aliphatic heterocycles. The number of hydrogen-bond acceptors (Lipinski definition) is 3. The second-order valence-electron chi connectivity index (χ2n) is 4.26. The Bertz CT molecular complexity index is 191. The first-order chi connectivity index (χ1) is 7.83. The third-order valence-electron chi connectivity index (χ3n) is 2.87. The van der Waals surface area contributed by atoms with Crippen LogP contribution in [0.5, 0.6) is 0 Å². The molecule has 16 heavy (non-hydrogen) atoms. The molecule has 0 aromatic carbocycles. The first kappa shape index (κ1) is 13.5. The van der Waals surface area contributed by atoms with Crippen LogP contribution in [0.2, 0.25) is 0 Å². The van der Waals surface area contributed by atoms with Crippen molar-refractivity contribution >= 4 is 5.91 Å². The van der Waals surface area contributed by atoms with Crippen molar-refractivity contribution < 1.29 is 9.53 Å². The van der Waals surface area contributed by atoms with Crippen LogP contribution < -0.4 is 10.6 Å². The van der Waals surface area contributed by atoms with Gasteiger partial charge in [-0.15, -0.1) is 0 Å². The lowest BCUT2D eigenvalue weighted by molar-refractivity contribution is -0.120. The molecule has 1 amide bonds. The number of rotatable bonds is 7. The lowest BCUT2D eigenvalue weighted by Gasteiger charge is -2.21. The van der Waals surface area contributed by atoms with Crippen LogP contribution in [0, 0.1) is 0 Å². The second-order valence-corrected chi connectivity index (χ2v) is 4.26. The van der Waals surface area contributed by atoms with Crippen molar-refractivity contribution in [1.82, 2.24) is 10.6 Å². The Kier molecular flexibility index (Phi) is 7.17. The standard InChI is InChI=1S/C12H24N2O2/c1-2-13-10-12(15)14-8-9-16-11-6-4-3-5-7-11/h11,13H,2-10H2,1H3,(H,14,15). The maximum Gasteiger partial charge on any atom is 0.234 e. The fraction of sp³-hybridized carbons (Fsp3) is 0.917. The van der Waals surface area contributed by atoms with Gasteiger partial charge in [0.05, 0.1) is 19.3 Å². The number of hydrogen-bond donors (Lipinski definition) is 2. The SMILES string of the molecule is CCNCC(=O)NCCOC1CCCCC1. The summed E-state index contributed by atoms with van der Waals surface area (Å²) >= 11 is 0. The van der Waals surface area contributed by atoms with Gasteiger partial charge in [-0.05, 0) is 19.4 Å². The Hall–Kier alpha value is -0.610. The Balaban J connectivity index is 1.92. The fourth-order valence-corrected chi connectivity index (χ4v) is 1.95. The number of carbonyl (C=O) groups is 1. The van der Waals surface area contributed by atoms with Crippen molar-refractivity contribution in [3.8, 4) is 0 Å². The Morgan fingerprint density at radius 3 is 2.75 bits per heavy atom. The highest BCUT2D eigenvalue weighted by Gasteiger charge is 2.13.